The summed E-state index contributed by atoms with van der Waals surface area (Å²) in [6, 6.07) is 16.2. The van der Waals surface area contributed by atoms with E-state index in [0.717, 1.165) is 10.2 Å². The molecule has 8 nitrogen and oxygen atoms in total. The van der Waals surface area contributed by atoms with E-state index >= 15 is 0 Å². The first-order valence-electron chi connectivity index (χ1n) is 11.2. The molecule has 0 aliphatic rings. The standard InChI is InChI=1S/C26H25N3O5S/c1-4-19(16-9-7-6-8-10-16)23(30)27-24-21-20(15-35-24)22(26(32)34-5-2)28-29(25(21)31)17-11-13-18(33-3)14-12-17/h6-15,19H,4-5H2,1-3H3,(H,27,30)/t19-/m0/s1. The molecule has 0 fully saturated rings. The minimum absolute atomic E-state index is 0.00381. The maximum absolute atomic E-state index is 13.6. The Hall–Kier alpha value is -3.98. The number of methoxy groups -OCH3 is 1. The van der Waals surface area contributed by atoms with E-state index < -0.39 is 11.5 Å². The lowest BCUT2D eigenvalue weighted by atomic mass is 9.96. The molecule has 4 aromatic rings. The van der Waals surface area contributed by atoms with Crippen molar-refractivity contribution in [3.8, 4) is 11.4 Å². The van der Waals surface area contributed by atoms with Crippen LogP contribution in [0.5, 0.6) is 5.75 Å². The van der Waals surface area contributed by atoms with Crippen molar-refractivity contribution in [2.45, 2.75) is 26.2 Å². The Kier molecular flexibility index (Phi) is 7.26. The third-order valence-electron chi connectivity index (χ3n) is 5.60. The van der Waals surface area contributed by atoms with Crippen LogP contribution in [0.3, 0.4) is 0 Å². The summed E-state index contributed by atoms with van der Waals surface area (Å²) in [6.07, 6.45) is 0.588. The fourth-order valence-electron chi connectivity index (χ4n) is 3.85. The zero-order valence-corrected chi connectivity index (χ0v) is 20.4. The van der Waals surface area contributed by atoms with E-state index in [0.29, 0.717) is 28.2 Å². The number of anilines is 1. The second kappa shape index (κ2) is 10.5. The molecule has 0 unspecified atom stereocenters. The highest BCUT2D eigenvalue weighted by molar-refractivity contribution is 7.16. The molecule has 35 heavy (non-hydrogen) atoms. The van der Waals surface area contributed by atoms with Gasteiger partial charge in [0.15, 0.2) is 5.69 Å². The molecule has 1 amide bonds. The molecule has 0 saturated heterocycles. The highest BCUT2D eigenvalue weighted by atomic mass is 32.1. The summed E-state index contributed by atoms with van der Waals surface area (Å²) in [7, 11) is 1.55. The van der Waals surface area contributed by atoms with E-state index in [1.807, 2.05) is 37.3 Å². The van der Waals surface area contributed by atoms with Crippen LogP contribution in [-0.2, 0) is 9.53 Å². The van der Waals surface area contributed by atoms with Crippen molar-refractivity contribution in [3.63, 3.8) is 0 Å². The quantitative estimate of drug-likeness (QED) is 0.357. The molecular formula is C26H25N3O5S. The van der Waals surface area contributed by atoms with Crippen molar-refractivity contribution >= 4 is 39.0 Å². The van der Waals surface area contributed by atoms with Gasteiger partial charge in [0.25, 0.3) is 5.56 Å². The molecule has 180 valence electrons. The Labute approximate surface area is 206 Å². The van der Waals surface area contributed by atoms with Crippen molar-refractivity contribution in [2.75, 3.05) is 19.0 Å². The largest absolute Gasteiger partial charge is 0.497 e. The number of hydrogen-bond acceptors (Lipinski definition) is 7. The van der Waals surface area contributed by atoms with Crippen LogP contribution in [0, 0.1) is 0 Å². The van der Waals surface area contributed by atoms with Crippen LogP contribution in [0.2, 0.25) is 0 Å². The molecule has 1 N–H and O–H groups in total. The van der Waals surface area contributed by atoms with Gasteiger partial charge in [-0.05, 0) is 43.2 Å². The molecular weight excluding hydrogens is 466 g/mol. The number of esters is 1. The van der Waals surface area contributed by atoms with Gasteiger partial charge in [-0.1, -0.05) is 37.3 Å². The number of nitrogens with one attached hydrogen (secondary N) is 1. The molecule has 9 heteroatoms. The summed E-state index contributed by atoms with van der Waals surface area (Å²) in [5, 5.41) is 9.79. The lowest BCUT2D eigenvalue weighted by Crippen LogP contribution is -2.26. The third kappa shape index (κ3) is 4.81. The zero-order valence-electron chi connectivity index (χ0n) is 19.6. The minimum Gasteiger partial charge on any atom is -0.497 e. The van der Waals surface area contributed by atoms with Crippen LogP contribution < -0.4 is 15.6 Å². The van der Waals surface area contributed by atoms with E-state index in [4.69, 9.17) is 9.47 Å². The lowest BCUT2D eigenvalue weighted by molar-refractivity contribution is -0.117. The summed E-state index contributed by atoms with van der Waals surface area (Å²) >= 11 is 1.17. The monoisotopic (exact) mass is 491 g/mol. The fourth-order valence-corrected chi connectivity index (χ4v) is 4.79. The number of rotatable bonds is 8. The van der Waals surface area contributed by atoms with Crippen molar-refractivity contribution in [2.24, 2.45) is 0 Å². The number of aromatic nitrogens is 2. The van der Waals surface area contributed by atoms with Gasteiger partial charge < -0.3 is 14.8 Å². The molecule has 0 aliphatic carbocycles. The molecule has 0 aliphatic heterocycles. The number of nitrogens with zero attached hydrogens (tertiary/aromatic N) is 2. The van der Waals surface area contributed by atoms with Crippen LogP contribution in [-0.4, -0.2) is 35.4 Å². The molecule has 0 bridgehead atoms. The van der Waals surface area contributed by atoms with Gasteiger partial charge in [0, 0.05) is 10.8 Å². The van der Waals surface area contributed by atoms with Crippen LogP contribution in [0.15, 0.2) is 64.8 Å². The van der Waals surface area contributed by atoms with Crippen LogP contribution in [0.4, 0.5) is 5.00 Å². The minimum atomic E-state index is -0.647. The summed E-state index contributed by atoms with van der Waals surface area (Å²) in [5.41, 5.74) is 0.881. The van der Waals surface area contributed by atoms with Crippen molar-refractivity contribution in [1.82, 2.24) is 9.78 Å². The number of benzene rings is 2. The Morgan fingerprint density at radius 2 is 1.80 bits per heavy atom. The number of thiophene rings is 1. The molecule has 2 aromatic carbocycles. The molecule has 4 rings (SSSR count). The second-order valence-corrected chi connectivity index (χ2v) is 8.58. The second-order valence-electron chi connectivity index (χ2n) is 7.70. The Morgan fingerprint density at radius 1 is 1.09 bits per heavy atom. The maximum Gasteiger partial charge on any atom is 0.359 e. The first kappa shape index (κ1) is 24.2. The summed E-state index contributed by atoms with van der Waals surface area (Å²) in [4.78, 5) is 39.5. The molecule has 0 saturated carbocycles. The predicted octanol–water partition coefficient (Wildman–Crippen LogP) is 4.76. The van der Waals surface area contributed by atoms with Gasteiger partial charge in [0.2, 0.25) is 5.91 Å². The van der Waals surface area contributed by atoms with Crippen LogP contribution in [0.25, 0.3) is 16.5 Å². The van der Waals surface area contributed by atoms with Gasteiger partial charge in [-0.2, -0.15) is 9.78 Å². The number of carbonyl (C=O) groups is 2. The van der Waals surface area contributed by atoms with Gasteiger partial charge in [-0.15, -0.1) is 11.3 Å². The predicted molar refractivity (Wildman–Crippen MR) is 136 cm³/mol. The van der Waals surface area contributed by atoms with E-state index in [-0.39, 0.29) is 29.5 Å². The van der Waals surface area contributed by atoms with E-state index in [9.17, 15) is 14.4 Å². The smallest absolute Gasteiger partial charge is 0.359 e. The Bertz CT molecular complexity index is 1410. The SMILES string of the molecule is CCOC(=O)c1nn(-c2ccc(OC)cc2)c(=O)c2c(NC(=O)[C@@H](CC)c3ccccc3)scc12. The van der Waals surface area contributed by atoms with Crippen molar-refractivity contribution in [3.05, 3.63) is 81.6 Å². The zero-order chi connectivity index (χ0) is 24.9. The normalized spacial score (nSPS) is 11.7. The molecule has 2 heterocycles. The molecule has 2 aromatic heterocycles. The van der Waals surface area contributed by atoms with Crippen molar-refractivity contribution < 1.29 is 19.1 Å². The van der Waals surface area contributed by atoms with Gasteiger partial charge in [-0.3, -0.25) is 9.59 Å². The first-order chi connectivity index (χ1) is 17.0. The number of amides is 1. The van der Waals surface area contributed by atoms with Gasteiger partial charge in [0.1, 0.15) is 10.8 Å². The number of carbonyl (C=O) groups excluding carboxylic acids is 2. The number of hydrogen-bond donors (Lipinski definition) is 1. The molecule has 0 spiro atoms. The summed E-state index contributed by atoms with van der Waals surface area (Å²) in [6.45, 7) is 3.79. The topological polar surface area (TPSA) is 99.5 Å². The van der Waals surface area contributed by atoms with E-state index in [1.54, 1.807) is 43.7 Å². The van der Waals surface area contributed by atoms with Crippen LogP contribution >= 0.6 is 11.3 Å². The Morgan fingerprint density at radius 3 is 2.43 bits per heavy atom. The van der Waals surface area contributed by atoms with E-state index in [2.05, 4.69) is 10.4 Å². The lowest BCUT2D eigenvalue weighted by Gasteiger charge is -2.15. The molecule has 1 atom stereocenters. The van der Waals surface area contributed by atoms with Crippen LogP contribution in [0.1, 0.15) is 42.2 Å². The fraction of sp³-hybridized carbons (Fsp3) is 0.231. The van der Waals surface area contributed by atoms with Gasteiger partial charge >= 0.3 is 5.97 Å². The number of fused-ring (bicyclic) bond motifs is 1. The Balaban J connectivity index is 1.83. The third-order valence-corrected chi connectivity index (χ3v) is 6.50. The highest BCUT2D eigenvalue weighted by Gasteiger charge is 2.25. The number of ether oxygens (including phenoxy) is 2. The van der Waals surface area contributed by atoms with Crippen molar-refractivity contribution in [1.29, 1.82) is 0 Å². The van der Waals surface area contributed by atoms with E-state index in [1.165, 1.54) is 11.3 Å². The summed E-state index contributed by atoms with van der Waals surface area (Å²) in [5.74, 6) is -0.648. The highest BCUT2D eigenvalue weighted by Crippen LogP contribution is 2.32. The van der Waals surface area contributed by atoms with Gasteiger partial charge in [-0.25, -0.2) is 4.79 Å². The average Bonchev–Trinajstić information content (AvgIpc) is 3.29. The first-order valence-corrected chi connectivity index (χ1v) is 12.1. The maximum atomic E-state index is 13.6. The van der Waals surface area contributed by atoms with Gasteiger partial charge in [0.05, 0.1) is 30.7 Å². The average molecular weight is 492 g/mol. The molecule has 0 radical (unpaired) electrons. The summed E-state index contributed by atoms with van der Waals surface area (Å²) < 4.78 is 11.5.